The predicted molar refractivity (Wildman–Crippen MR) is 83.7 cm³/mol. The molecule has 0 aromatic heterocycles. The fraction of sp³-hybridized carbons (Fsp3) is 0.846. The van der Waals surface area contributed by atoms with E-state index in [1.54, 1.807) is 0 Å². The third-order valence-electron chi connectivity index (χ3n) is 4.36. The van der Waals surface area contributed by atoms with E-state index in [2.05, 4.69) is 14.6 Å². The van der Waals surface area contributed by atoms with Crippen molar-refractivity contribution in [1.82, 2.24) is 5.32 Å². The first-order valence-corrected chi connectivity index (χ1v) is 8.46. The van der Waals surface area contributed by atoms with Crippen LogP contribution in [-0.2, 0) is 23.8 Å². The van der Waals surface area contributed by atoms with E-state index in [0.29, 0.717) is 0 Å². The van der Waals surface area contributed by atoms with Crippen LogP contribution in [0.15, 0.2) is 0 Å². The molecule has 2 bridgehead atoms. The molecule has 0 radical (unpaired) electrons. The van der Waals surface area contributed by atoms with Crippen LogP contribution in [0.2, 0.25) is 0 Å². The highest BCUT2D eigenvalue weighted by molar-refractivity contribution is 7.18. The van der Waals surface area contributed by atoms with Gasteiger partial charge in [-0.1, -0.05) is 0 Å². The third kappa shape index (κ3) is 3.79. The number of hydrogen-bond acceptors (Lipinski definition) is 9. The van der Waals surface area contributed by atoms with Crippen LogP contribution in [0.4, 0.5) is 0 Å². The SMILES string of the molecule is NCO[C@]1(C(=O)O)C[C@@H](O)O[C@@]2(NC(=O)CP)CC(O1)[C@H]2[C@H](O)CO. The lowest BCUT2D eigenvalue weighted by atomic mass is 9.68. The zero-order valence-electron chi connectivity index (χ0n) is 13.3. The summed E-state index contributed by atoms with van der Waals surface area (Å²) in [6.45, 7) is -1.17. The van der Waals surface area contributed by atoms with Crippen molar-refractivity contribution in [2.45, 2.75) is 42.9 Å². The quantitative estimate of drug-likeness (QED) is 0.195. The van der Waals surface area contributed by atoms with Crippen LogP contribution >= 0.6 is 9.24 Å². The van der Waals surface area contributed by atoms with Gasteiger partial charge < -0.3 is 45.7 Å². The van der Waals surface area contributed by atoms with Crippen LogP contribution in [0.1, 0.15) is 12.8 Å². The minimum absolute atomic E-state index is 0.0457. The number of carbonyl (C=O) groups excluding carboxylic acids is 1. The minimum Gasteiger partial charge on any atom is -0.477 e. The highest BCUT2D eigenvalue weighted by Crippen LogP contribution is 2.49. The second kappa shape index (κ2) is 7.77. The van der Waals surface area contributed by atoms with E-state index in [4.69, 9.17) is 19.9 Å². The molecule has 0 aromatic carbocycles. The molecular formula is C13H23N2O9P. The Morgan fingerprint density at radius 2 is 2.08 bits per heavy atom. The Morgan fingerprint density at radius 3 is 2.60 bits per heavy atom. The zero-order chi connectivity index (χ0) is 18.8. The average Bonchev–Trinajstić information content (AvgIpc) is 2.51. The van der Waals surface area contributed by atoms with Gasteiger partial charge in [0.15, 0.2) is 12.0 Å². The Hall–Kier alpha value is -0.910. The van der Waals surface area contributed by atoms with Gasteiger partial charge in [-0.3, -0.25) is 4.79 Å². The summed E-state index contributed by atoms with van der Waals surface area (Å²) in [7, 11) is 2.22. The number of aliphatic hydroxyl groups excluding tert-OH is 3. The molecule has 3 rings (SSSR count). The Labute approximate surface area is 145 Å². The first-order chi connectivity index (χ1) is 11.7. The normalized spacial score (nSPS) is 38.8. The fourth-order valence-corrected chi connectivity index (χ4v) is 3.40. The number of hydrogen-bond donors (Lipinski definition) is 6. The molecule has 7 atom stereocenters. The lowest BCUT2D eigenvalue weighted by Crippen LogP contribution is -2.76. The molecule has 25 heavy (non-hydrogen) atoms. The lowest BCUT2D eigenvalue weighted by molar-refractivity contribution is -0.387. The molecule has 144 valence electrons. The Kier molecular flexibility index (Phi) is 6.34. The van der Waals surface area contributed by atoms with Crippen LogP contribution in [0, 0.1) is 5.92 Å². The van der Waals surface area contributed by atoms with Crippen LogP contribution in [0.5, 0.6) is 0 Å². The molecule has 2 saturated heterocycles. The topological polar surface area (TPSA) is 181 Å². The number of nitrogens with one attached hydrogen (secondary N) is 1. The van der Waals surface area contributed by atoms with Crippen molar-refractivity contribution in [3.8, 4) is 0 Å². The number of rotatable bonds is 7. The number of aliphatic hydroxyl groups is 3. The lowest BCUT2D eigenvalue weighted by Gasteiger charge is -2.58. The van der Waals surface area contributed by atoms with Crippen molar-refractivity contribution in [1.29, 1.82) is 0 Å². The van der Waals surface area contributed by atoms with E-state index < -0.39 is 67.6 Å². The molecule has 1 aliphatic carbocycles. The molecule has 2 heterocycles. The van der Waals surface area contributed by atoms with Gasteiger partial charge in [0.05, 0.1) is 37.9 Å². The van der Waals surface area contributed by atoms with Crippen LogP contribution in [0.25, 0.3) is 0 Å². The molecule has 1 amide bonds. The summed E-state index contributed by atoms with van der Waals surface area (Å²) < 4.78 is 16.0. The second-order valence-electron chi connectivity index (χ2n) is 5.92. The maximum Gasteiger partial charge on any atom is 0.364 e. The molecule has 2 aliphatic heterocycles. The van der Waals surface area contributed by atoms with E-state index >= 15 is 0 Å². The molecule has 0 spiro atoms. The molecule has 0 aromatic rings. The van der Waals surface area contributed by atoms with Crippen molar-refractivity contribution < 1.29 is 44.2 Å². The maximum atomic E-state index is 11.8. The van der Waals surface area contributed by atoms with Gasteiger partial charge in [-0.15, -0.1) is 9.24 Å². The summed E-state index contributed by atoms with van der Waals surface area (Å²) in [6.07, 6.45) is -4.60. The third-order valence-corrected chi connectivity index (χ3v) is 4.73. The standard InChI is InChI=1S/C13H23N2O9P/c14-5-22-13(11(20)21)2-9(19)24-12(15-8(18)4-25)1-7(23-13)10(12)6(17)3-16/h6-7,9-10,16-17,19H,1-5,14,25H2,(H,15,18)(H,20,21)/t6-,7?,9+,10-,12+,13-/m1/s1. The van der Waals surface area contributed by atoms with Gasteiger partial charge in [0.2, 0.25) is 5.91 Å². The van der Waals surface area contributed by atoms with E-state index in [9.17, 15) is 30.0 Å². The van der Waals surface area contributed by atoms with Crippen LogP contribution in [0.3, 0.4) is 0 Å². The van der Waals surface area contributed by atoms with Crippen molar-refractivity contribution in [3.05, 3.63) is 0 Å². The van der Waals surface area contributed by atoms with E-state index in [1.807, 2.05) is 0 Å². The van der Waals surface area contributed by atoms with Crippen LogP contribution < -0.4 is 11.1 Å². The Bertz CT molecular complexity index is 524. The summed E-state index contributed by atoms with van der Waals surface area (Å²) in [5, 5.41) is 41.6. The number of carboxylic acid groups (broad SMARTS) is 1. The van der Waals surface area contributed by atoms with Gasteiger partial charge in [-0.25, -0.2) is 4.79 Å². The number of fused-ring (bicyclic) bond motifs is 4. The number of ether oxygens (including phenoxy) is 3. The fourth-order valence-electron chi connectivity index (χ4n) is 3.30. The molecule has 2 unspecified atom stereocenters. The molecular weight excluding hydrogens is 359 g/mol. The highest BCUT2D eigenvalue weighted by Gasteiger charge is 2.65. The molecule has 3 aliphatic rings. The molecule has 1 saturated carbocycles. The molecule has 11 nitrogen and oxygen atoms in total. The minimum atomic E-state index is -2.27. The maximum absolute atomic E-state index is 11.8. The first-order valence-electron chi connectivity index (χ1n) is 7.64. The summed E-state index contributed by atoms with van der Waals surface area (Å²) in [4.78, 5) is 23.4. The first kappa shape index (κ1) is 20.4. The van der Waals surface area contributed by atoms with Crippen molar-refractivity contribution in [2.75, 3.05) is 19.5 Å². The van der Waals surface area contributed by atoms with Gasteiger partial charge in [-0.05, 0) is 0 Å². The largest absolute Gasteiger partial charge is 0.477 e. The van der Waals surface area contributed by atoms with Gasteiger partial charge >= 0.3 is 5.97 Å². The van der Waals surface area contributed by atoms with Gasteiger partial charge in [-0.2, -0.15) is 0 Å². The summed E-state index contributed by atoms with van der Waals surface area (Å²) in [6, 6.07) is 0. The number of carbonyl (C=O) groups is 2. The van der Waals surface area contributed by atoms with Gasteiger partial charge in [0.1, 0.15) is 0 Å². The van der Waals surface area contributed by atoms with Gasteiger partial charge in [0.25, 0.3) is 5.79 Å². The van der Waals surface area contributed by atoms with Crippen molar-refractivity contribution in [3.63, 3.8) is 0 Å². The summed E-state index contributed by atoms with van der Waals surface area (Å²) in [5.74, 6) is -5.25. The van der Waals surface area contributed by atoms with Crippen molar-refractivity contribution >= 4 is 21.1 Å². The van der Waals surface area contributed by atoms with Crippen LogP contribution in [-0.4, -0.2) is 81.8 Å². The number of amides is 1. The van der Waals surface area contributed by atoms with Crippen molar-refractivity contribution in [2.24, 2.45) is 11.7 Å². The predicted octanol–water partition coefficient (Wildman–Crippen LogP) is -3.12. The molecule has 7 N–H and O–H groups in total. The Morgan fingerprint density at radius 1 is 1.40 bits per heavy atom. The summed E-state index contributed by atoms with van der Waals surface area (Å²) >= 11 is 0. The average molecular weight is 382 g/mol. The summed E-state index contributed by atoms with van der Waals surface area (Å²) in [5.41, 5.74) is 3.78. The molecule has 3 fully saturated rings. The monoisotopic (exact) mass is 382 g/mol. The van der Waals surface area contributed by atoms with E-state index in [0.717, 1.165) is 0 Å². The zero-order valence-corrected chi connectivity index (χ0v) is 14.5. The van der Waals surface area contributed by atoms with E-state index in [1.165, 1.54) is 0 Å². The second-order valence-corrected chi connectivity index (χ2v) is 6.33. The smallest absolute Gasteiger partial charge is 0.364 e. The van der Waals surface area contributed by atoms with E-state index in [-0.39, 0.29) is 12.6 Å². The number of nitrogens with two attached hydrogens (primary N) is 1. The molecule has 12 heteroatoms. The number of aliphatic carboxylic acids is 1. The van der Waals surface area contributed by atoms with Gasteiger partial charge in [0, 0.05) is 12.6 Å². The number of carboxylic acids is 1. The Balaban J connectivity index is 2.36. The highest BCUT2D eigenvalue weighted by atomic mass is 31.0.